The summed E-state index contributed by atoms with van der Waals surface area (Å²) < 4.78 is 5.11. The van der Waals surface area contributed by atoms with Gasteiger partial charge < -0.3 is 9.84 Å². The molecule has 0 aromatic carbocycles. The zero-order valence-electron chi connectivity index (χ0n) is 8.54. The van der Waals surface area contributed by atoms with Gasteiger partial charge in [0.15, 0.2) is 0 Å². The first-order chi connectivity index (χ1) is 6.51. The Morgan fingerprint density at radius 1 is 1.50 bits per heavy atom. The molecule has 0 saturated carbocycles. The van der Waals surface area contributed by atoms with Crippen LogP contribution in [0.15, 0.2) is 12.1 Å². The lowest BCUT2D eigenvalue weighted by Crippen LogP contribution is -2.23. The van der Waals surface area contributed by atoms with Gasteiger partial charge in [0.25, 0.3) is 0 Å². The molecule has 14 heavy (non-hydrogen) atoms. The van der Waals surface area contributed by atoms with Gasteiger partial charge in [-0.05, 0) is 12.1 Å². The fourth-order valence-corrected chi connectivity index (χ4v) is 1.31. The first-order valence-electron chi connectivity index (χ1n) is 4.33. The number of aliphatic hydroxyl groups is 1. The van der Waals surface area contributed by atoms with Gasteiger partial charge in [0.2, 0.25) is 5.88 Å². The quantitative estimate of drug-likeness (QED) is 0.785. The first-order valence-corrected chi connectivity index (χ1v) is 4.71. The van der Waals surface area contributed by atoms with Crippen LogP contribution in [-0.2, 0) is 5.41 Å². The van der Waals surface area contributed by atoms with Gasteiger partial charge in [0, 0.05) is 11.0 Å². The van der Waals surface area contributed by atoms with Gasteiger partial charge in [-0.1, -0.05) is 25.4 Å². The van der Waals surface area contributed by atoms with Crippen molar-refractivity contribution in [1.82, 2.24) is 4.98 Å². The number of hydrogen-bond acceptors (Lipinski definition) is 3. The number of nitrogens with zero attached hydrogens (tertiary/aromatic N) is 1. The predicted octanol–water partition coefficient (Wildman–Crippen LogP) is 2.01. The van der Waals surface area contributed by atoms with E-state index in [1.165, 1.54) is 7.11 Å². The molecule has 0 amide bonds. The largest absolute Gasteiger partial charge is 0.481 e. The molecule has 0 spiro atoms. The Bertz CT molecular complexity index is 326. The van der Waals surface area contributed by atoms with E-state index in [4.69, 9.17) is 16.3 Å². The van der Waals surface area contributed by atoms with E-state index in [0.29, 0.717) is 11.0 Å². The van der Waals surface area contributed by atoms with Gasteiger partial charge in [0.05, 0.1) is 13.7 Å². The average molecular weight is 216 g/mol. The molecule has 3 nitrogen and oxygen atoms in total. The Kier molecular flexibility index (Phi) is 3.34. The highest BCUT2D eigenvalue weighted by Crippen LogP contribution is 2.30. The normalized spacial score (nSPS) is 11.5. The summed E-state index contributed by atoms with van der Waals surface area (Å²) in [5.74, 6) is 0.469. The molecule has 1 rings (SSSR count). The summed E-state index contributed by atoms with van der Waals surface area (Å²) >= 11 is 5.74. The molecule has 0 aliphatic rings. The number of methoxy groups -OCH3 is 1. The minimum atomic E-state index is -0.372. The van der Waals surface area contributed by atoms with Crippen molar-refractivity contribution in [2.75, 3.05) is 13.7 Å². The highest BCUT2D eigenvalue weighted by atomic mass is 35.5. The summed E-state index contributed by atoms with van der Waals surface area (Å²) in [7, 11) is 1.54. The maximum Gasteiger partial charge on any atom is 0.218 e. The molecule has 0 saturated heterocycles. The summed E-state index contributed by atoms with van der Waals surface area (Å²) in [5.41, 5.74) is 0.482. The Hall–Kier alpha value is -0.800. The van der Waals surface area contributed by atoms with Crippen LogP contribution in [0.1, 0.15) is 19.4 Å². The minimum Gasteiger partial charge on any atom is -0.481 e. The third kappa shape index (κ3) is 2.16. The molecular weight excluding hydrogens is 202 g/mol. The van der Waals surface area contributed by atoms with Crippen molar-refractivity contribution in [2.24, 2.45) is 0 Å². The maximum absolute atomic E-state index is 9.22. The van der Waals surface area contributed by atoms with E-state index in [0.717, 1.165) is 5.56 Å². The van der Waals surface area contributed by atoms with Gasteiger partial charge in [-0.2, -0.15) is 0 Å². The second-order valence-corrected chi connectivity index (χ2v) is 4.12. The van der Waals surface area contributed by atoms with E-state index >= 15 is 0 Å². The summed E-state index contributed by atoms with van der Waals surface area (Å²) in [5, 5.41) is 9.61. The molecule has 1 aromatic rings. The van der Waals surface area contributed by atoms with Crippen molar-refractivity contribution in [1.29, 1.82) is 0 Å². The Balaban J connectivity index is 3.20. The molecule has 0 radical (unpaired) electrons. The first kappa shape index (κ1) is 11.3. The molecule has 1 aromatic heterocycles. The summed E-state index contributed by atoms with van der Waals surface area (Å²) in [6.45, 7) is 3.87. The second kappa shape index (κ2) is 4.15. The molecule has 4 heteroatoms. The molecular formula is C10H14ClNO2. The van der Waals surface area contributed by atoms with Gasteiger partial charge in [-0.25, -0.2) is 4.98 Å². The van der Waals surface area contributed by atoms with Crippen LogP contribution in [0.3, 0.4) is 0 Å². The van der Waals surface area contributed by atoms with Crippen molar-refractivity contribution in [3.63, 3.8) is 0 Å². The van der Waals surface area contributed by atoms with Crippen LogP contribution in [-0.4, -0.2) is 23.8 Å². The van der Waals surface area contributed by atoms with Crippen LogP contribution in [0.4, 0.5) is 0 Å². The Morgan fingerprint density at radius 2 is 2.14 bits per heavy atom. The summed E-state index contributed by atoms with van der Waals surface area (Å²) in [4.78, 5) is 4.04. The topological polar surface area (TPSA) is 42.4 Å². The number of halogens is 1. The SMILES string of the molecule is COc1nc(Cl)ccc1C(C)(C)CO. The minimum absolute atomic E-state index is 0.0344. The number of hydrogen-bond donors (Lipinski definition) is 1. The molecule has 1 heterocycles. The van der Waals surface area contributed by atoms with E-state index < -0.39 is 0 Å². The van der Waals surface area contributed by atoms with Crippen LogP contribution >= 0.6 is 11.6 Å². The smallest absolute Gasteiger partial charge is 0.218 e. The summed E-state index contributed by atoms with van der Waals surface area (Å²) in [6, 6.07) is 3.52. The molecule has 0 bridgehead atoms. The van der Waals surface area contributed by atoms with Crippen molar-refractivity contribution in [2.45, 2.75) is 19.3 Å². The number of rotatable bonds is 3. The standard InChI is InChI=1S/C10H14ClNO2/c1-10(2,6-13)7-4-5-8(11)12-9(7)14-3/h4-5,13H,6H2,1-3H3. The lowest BCUT2D eigenvalue weighted by molar-refractivity contribution is 0.214. The van der Waals surface area contributed by atoms with E-state index in [1.54, 1.807) is 6.07 Å². The van der Waals surface area contributed by atoms with E-state index in [2.05, 4.69) is 4.98 Å². The van der Waals surface area contributed by atoms with Crippen molar-refractivity contribution in [3.8, 4) is 5.88 Å². The molecule has 0 fully saturated rings. The molecule has 0 aliphatic carbocycles. The number of pyridine rings is 1. The van der Waals surface area contributed by atoms with Gasteiger partial charge in [-0.3, -0.25) is 0 Å². The van der Waals surface area contributed by atoms with Crippen LogP contribution < -0.4 is 4.74 Å². The van der Waals surface area contributed by atoms with Gasteiger partial charge >= 0.3 is 0 Å². The van der Waals surface area contributed by atoms with Crippen molar-refractivity contribution >= 4 is 11.6 Å². The fourth-order valence-electron chi connectivity index (χ4n) is 1.17. The van der Waals surface area contributed by atoms with Gasteiger partial charge in [-0.15, -0.1) is 0 Å². The molecule has 0 unspecified atom stereocenters. The lowest BCUT2D eigenvalue weighted by Gasteiger charge is -2.23. The maximum atomic E-state index is 9.22. The highest BCUT2D eigenvalue weighted by Gasteiger charge is 2.24. The Labute approximate surface area is 88.7 Å². The van der Waals surface area contributed by atoms with E-state index in [9.17, 15) is 5.11 Å². The number of ether oxygens (including phenoxy) is 1. The second-order valence-electron chi connectivity index (χ2n) is 3.73. The van der Waals surface area contributed by atoms with Crippen molar-refractivity contribution in [3.05, 3.63) is 22.8 Å². The zero-order chi connectivity index (χ0) is 10.8. The lowest BCUT2D eigenvalue weighted by atomic mass is 9.86. The summed E-state index contributed by atoms with van der Waals surface area (Å²) in [6.07, 6.45) is 0. The third-order valence-electron chi connectivity index (χ3n) is 2.14. The molecule has 1 N–H and O–H groups in total. The van der Waals surface area contributed by atoms with Gasteiger partial charge in [0.1, 0.15) is 5.15 Å². The highest BCUT2D eigenvalue weighted by molar-refractivity contribution is 6.29. The van der Waals surface area contributed by atoms with Crippen LogP contribution in [0.25, 0.3) is 0 Å². The van der Waals surface area contributed by atoms with Crippen molar-refractivity contribution < 1.29 is 9.84 Å². The predicted molar refractivity (Wildman–Crippen MR) is 55.9 cm³/mol. The average Bonchev–Trinajstić information content (AvgIpc) is 2.17. The van der Waals surface area contributed by atoms with E-state index in [-0.39, 0.29) is 12.0 Å². The monoisotopic (exact) mass is 215 g/mol. The molecule has 0 aliphatic heterocycles. The third-order valence-corrected chi connectivity index (χ3v) is 2.35. The van der Waals surface area contributed by atoms with Crippen LogP contribution in [0.5, 0.6) is 5.88 Å². The zero-order valence-corrected chi connectivity index (χ0v) is 9.30. The number of aliphatic hydroxyl groups excluding tert-OH is 1. The fraction of sp³-hybridized carbons (Fsp3) is 0.500. The molecule has 0 atom stereocenters. The Morgan fingerprint density at radius 3 is 2.64 bits per heavy atom. The van der Waals surface area contributed by atoms with E-state index in [1.807, 2.05) is 19.9 Å². The van der Waals surface area contributed by atoms with Crippen LogP contribution in [0, 0.1) is 0 Å². The molecule has 78 valence electrons. The van der Waals surface area contributed by atoms with Crippen LogP contribution in [0.2, 0.25) is 5.15 Å². The number of aromatic nitrogens is 1.